The molecule has 2 aliphatic heterocycles. The van der Waals surface area contributed by atoms with Crippen LogP contribution in [0.15, 0.2) is 24.3 Å². The van der Waals surface area contributed by atoms with E-state index >= 15 is 0 Å². The fourth-order valence-electron chi connectivity index (χ4n) is 3.17. The first-order valence-corrected chi connectivity index (χ1v) is 8.15. The van der Waals surface area contributed by atoms with Crippen molar-refractivity contribution in [3.8, 4) is 0 Å². The molecule has 2 aliphatic rings. The van der Waals surface area contributed by atoms with Crippen LogP contribution in [-0.2, 0) is 4.79 Å². The van der Waals surface area contributed by atoms with Gasteiger partial charge in [0, 0.05) is 36.8 Å². The third-order valence-electron chi connectivity index (χ3n) is 4.40. The average Bonchev–Trinajstić information content (AvgIpc) is 3.20. The minimum Gasteiger partial charge on any atom is -0.339 e. The molecule has 2 amide bonds. The van der Waals surface area contributed by atoms with Crippen LogP contribution in [0.25, 0.3) is 0 Å². The summed E-state index contributed by atoms with van der Waals surface area (Å²) in [6.07, 6.45) is 4.90. The first-order chi connectivity index (χ1) is 10.7. The summed E-state index contributed by atoms with van der Waals surface area (Å²) >= 11 is 0. The van der Waals surface area contributed by atoms with E-state index in [2.05, 4.69) is 10.6 Å². The lowest BCUT2D eigenvalue weighted by Gasteiger charge is -2.15. The number of hydrogen-bond acceptors (Lipinski definition) is 3. The number of carbonyl (C=O) groups is 2. The van der Waals surface area contributed by atoms with E-state index in [0.29, 0.717) is 18.0 Å². The third kappa shape index (κ3) is 4.69. The number of benzene rings is 1. The Morgan fingerprint density at radius 1 is 1.13 bits per heavy atom. The summed E-state index contributed by atoms with van der Waals surface area (Å²) in [5, 5.41) is 6.22. The van der Waals surface area contributed by atoms with Crippen LogP contribution >= 0.6 is 12.4 Å². The zero-order chi connectivity index (χ0) is 15.4. The molecule has 1 unspecified atom stereocenters. The van der Waals surface area contributed by atoms with E-state index < -0.39 is 0 Å². The van der Waals surface area contributed by atoms with Crippen LogP contribution in [0.3, 0.4) is 0 Å². The molecule has 0 aliphatic carbocycles. The van der Waals surface area contributed by atoms with Crippen molar-refractivity contribution in [3.05, 3.63) is 29.8 Å². The predicted octanol–water partition coefficient (Wildman–Crippen LogP) is 2.43. The number of nitrogens with one attached hydrogen (secondary N) is 2. The predicted molar refractivity (Wildman–Crippen MR) is 93.1 cm³/mol. The highest BCUT2D eigenvalue weighted by Crippen LogP contribution is 2.16. The van der Waals surface area contributed by atoms with Crippen molar-refractivity contribution < 1.29 is 9.59 Å². The van der Waals surface area contributed by atoms with Crippen molar-refractivity contribution in [1.82, 2.24) is 10.2 Å². The van der Waals surface area contributed by atoms with Crippen molar-refractivity contribution in [2.75, 3.05) is 25.0 Å². The minimum absolute atomic E-state index is 0. The summed E-state index contributed by atoms with van der Waals surface area (Å²) in [7, 11) is 0. The van der Waals surface area contributed by atoms with Gasteiger partial charge in [-0.25, -0.2) is 0 Å². The molecule has 2 N–H and O–H groups in total. The SMILES string of the molecule is Cl.O=C(CC1CCCN1)Nc1ccc(C(=O)N2CCCC2)cc1. The molecule has 6 heteroatoms. The zero-order valence-corrected chi connectivity index (χ0v) is 14.0. The second-order valence-corrected chi connectivity index (χ2v) is 6.12. The Kier molecular flexibility index (Phi) is 6.42. The van der Waals surface area contributed by atoms with Gasteiger partial charge in [-0.05, 0) is 56.5 Å². The Morgan fingerprint density at radius 3 is 2.43 bits per heavy atom. The highest BCUT2D eigenvalue weighted by molar-refractivity contribution is 5.96. The highest BCUT2D eigenvalue weighted by atomic mass is 35.5. The fourth-order valence-corrected chi connectivity index (χ4v) is 3.17. The summed E-state index contributed by atoms with van der Waals surface area (Å²) in [6.45, 7) is 2.71. The summed E-state index contributed by atoms with van der Waals surface area (Å²) in [6, 6.07) is 7.51. The molecule has 1 aromatic carbocycles. The normalized spacial score (nSPS) is 20.2. The number of halogens is 1. The van der Waals surface area contributed by atoms with Gasteiger partial charge in [0.2, 0.25) is 5.91 Å². The largest absolute Gasteiger partial charge is 0.339 e. The highest BCUT2D eigenvalue weighted by Gasteiger charge is 2.20. The summed E-state index contributed by atoms with van der Waals surface area (Å²) < 4.78 is 0. The third-order valence-corrected chi connectivity index (χ3v) is 4.40. The molecule has 0 radical (unpaired) electrons. The summed E-state index contributed by atoms with van der Waals surface area (Å²) in [5.41, 5.74) is 1.44. The van der Waals surface area contributed by atoms with Crippen molar-refractivity contribution >= 4 is 29.9 Å². The van der Waals surface area contributed by atoms with Crippen molar-refractivity contribution in [1.29, 1.82) is 0 Å². The van der Waals surface area contributed by atoms with E-state index in [1.807, 2.05) is 17.0 Å². The molecule has 126 valence electrons. The van der Waals surface area contributed by atoms with E-state index in [4.69, 9.17) is 0 Å². The van der Waals surface area contributed by atoms with E-state index in [0.717, 1.165) is 51.0 Å². The van der Waals surface area contributed by atoms with E-state index in [-0.39, 0.29) is 24.2 Å². The first-order valence-electron chi connectivity index (χ1n) is 8.15. The van der Waals surface area contributed by atoms with Crippen molar-refractivity contribution in [3.63, 3.8) is 0 Å². The molecule has 1 aromatic rings. The van der Waals surface area contributed by atoms with E-state index in [1.165, 1.54) is 0 Å². The molecule has 3 rings (SSSR count). The number of anilines is 1. The van der Waals surface area contributed by atoms with Gasteiger partial charge in [-0.15, -0.1) is 12.4 Å². The lowest BCUT2D eigenvalue weighted by atomic mass is 10.1. The van der Waals surface area contributed by atoms with Gasteiger partial charge in [-0.1, -0.05) is 0 Å². The van der Waals surface area contributed by atoms with Gasteiger partial charge < -0.3 is 15.5 Å². The van der Waals surface area contributed by atoms with Gasteiger partial charge in [0.05, 0.1) is 0 Å². The maximum Gasteiger partial charge on any atom is 0.253 e. The quantitative estimate of drug-likeness (QED) is 0.887. The van der Waals surface area contributed by atoms with Crippen LogP contribution in [0.4, 0.5) is 5.69 Å². The Balaban J connectivity index is 0.00000192. The Hall–Kier alpha value is -1.59. The molecular weight excluding hydrogens is 314 g/mol. The van der Waals surface area contributed by atoms with Crippen LogP contribution in [0, 0.1) is 0 Å². The van der Waals surface area contributed by atoms with Gasteiger partial charge in [0.15, 0.2) is 0 Å². The molecule has 2 saturated heterocycles. The fraction of sp³-hybridized carbons (Fsp3) is 0.529. The van der Waals surface area contributed by atoms with Crippen LogP contribution in [-0.4, -0.2) is 42.4 Å². The second-order valence-electron chi connectivity index (χ2n) is 6.12. The maximum atomic E-state index is 12.2. The summed E-state index contributed by atoms with van der Waals surface area (Å²) in [5.74, 6) is 0.114. The number of hydrogen-bond donors (Lipinski definition) is 2. The Bertz CT molecular complexity index is 535. The molecule has 5 nitrogen and oxygen atoms in total. The summed E-state index contributed by atoms with van der Waals surface area (Å²) in [4.78, 5) is 26.1. The minimum atomic E-state index is 0. The van der Waals surface area contributed by atoms with Gasteiger partial charge >= 0.3 is 0 Å². The van der Waals surface area contributed by atoms with E-state index in [1.54, 1.807) is 12.1 Å². The van der Waals surface area contributed by atoms with Gasteiger partial charge in [0.1, 0.15) is 0 Å². The molecule has 0 bridgehead atoms. The molecule has 0 spiro atoms. The molecule has 0 saturated carbocycles. The number of rotatable bonds is 4. The smallest absolute Gasteiger partial charge is 0.253 e. The molecule has 2 heterocycles. The van der Waals surface area contributed by atoms with Crippen molar-refractivity contribution in [2.24, 2.45) is 0 Å². The molecular formula is C17H24ClN3O2. The molecule has 2 fully saturated rings. The lowest BCUT2D eigenvalue weighted by Crippen LogP contribution is -2.28. The number of likely N-dealkylation sites (tertiary alicyclic amines) is 1. The average molecular weight is 338 g/mol. The van der Waals surface area contributed by atoms with Gasteiger partial charge in [0.25, 0.3) is 5.91 Å². The lowest BCUT2D eigenvalue weighted by molar-refractivity contribution is -0.116. The Labute approximate surface area is 143 Å². The van der Waals surface area contributed by atoms with Crippen molar-refractivity contribution in [2.45, 2.75) is 38.1 Å². The molecule has 23 heavy (non-hydrogen) atoms. The standard InChI is InChI=1S/C17H23N3O2.ClH/c21-16(12-15-4-3-9-18-15)19-14-7-5-13(6-8-14)17(22)20-10-1-2-11-20;/h5-8,15,18H,1-4,9-12H2,(H,19,21);1H. The molecule has 0 aromatic heterocycles. The van der Waals surface area contributed by atoms with Crippen LogP contribution in [0.2, 0.25) is 0 Å². The van der Waals surface area contributed by atoms with Gasteiger partial charge in [-0.3, -0.25) is 9.59 Å². The second kappa shape index (κ2) is 8.31. The number of carbonyl (C=O) groups excluding carboxylic acids is 2. The van der Waals surface area contributed by atoms with Crippen LogP contribution < -0.4 is 10.6 Å². The Morgan fingerprint density at radius 2 is 1.83 bits per heavy atom. The number of nitrogens with zero attached hydrogens (tertiary/aromatic N) is 1. The van der Waals surface area contributed by atoms with Crippen LogP contribution in [0.5, 0.6) is 0 Å². The molecule has 1 atom stereocenters. The van der Waals surface area contributed by atoms with E-state index in [9.17, 15) is 9.59 Å². The maximum absolute atomic E-state index is 12.2. The van der Waals surface area contributed by atoms with Crippen LogP contribution in [0.1, 0.15) is 42.5 Å². The van der Waals surface area contributed by atoms with Gasteiger partial charge in [-0.2, -0.15) is 0 Å². The number of amides is 2. The topological polar surface area (TPSA) is 61.4 Å². The zero-order valence-electron chi connectivity index (χ0n) is 13.2. The monoisotopic (exact) mass is 337 g/mol. The first kappa shape index (κ1) is 17.8.